The highest BCUT2D eigenvalue weighted by molar-refractivity contribution is 5.72. The van der Waals surface area contributed by atoms with Crippen molar-refractivity contribution >= 4 is 5.97 Å². The molecule has 1 heterocycles. The van der Waals surface area contributed by atoms with E-state index in [1.807, 2.05) is 30.3 Å². The lowest BCUT2D eigenvalue weighted by molar-refractivity contribution is -0.142. The van der Waals surface area contributed by atoms with Crippen LogP contribution < -0.4 is 4.74 Å². The van der Waals surface area contributed by atoms with E-state index in [0.29, 0.717) is 12.2 Å². The first-order valence-electron chi connectivity index (χ1n) is 7.84. The Morgan fingerprint density at radius 3 is 2.78 bits per heavy atom. The molecule has 6 heteroatoms. The third kappa shape index (κ3) is 3.83. The van der Waals surface area contributed by atoms with E-state index in [1.165, 1.54) is 0 Å². The summed E-state index contributed by atoms with van der Waals surface area (Å²) in [7, 11) is 0. The Hall–Kier alpha value is -1.63. The van der Waals surface area contributed by atoms with Crippen LogP contribution in [0.5, 0.6) is 5.75 Å². The third-order valence-electron chi connectivity index (χ3n) is 4.32. The second kappa shape index (κ2) is 6.47. The number of ether oxygens (including phenoxy) is 3. The summed E-state index contributed by atoms with van der Waals surface area (Å²) in [5, 5.41) is 20.4. The molecule has 1 aromatic rings. The molecule has 2 aliphatic rings. The largest absolute Gasteiger partial charge is 0.491 e. The van der Waals surface area contributed by atoms with Crippen molar-refractivity contribution in [2.45, 2.75) is 43.7 Å². The number of hydrogen-bond acceptors (Lipinski definition) is 6. The van der Waals surface area contributed by atoms with Gasteiger partial charge in [-0.25, -0.2) is 0 Å². The minimum absolute atomic E-state index is 0.0129. The maximum Gasteiger partial charge on any atom is 0.306 e. The molecule has 4 unspecified atom stereocenters. The molecule has 3 rings (SSSR count). The lowest BCUT2D eigenvalue weighted by Crippen LogP contribution is -2.41. The number of aliphatic hydroxyl groups is 2. The number of carbonyl (C=O) groups is 1. The molecule has 1 saturated heterocycles. The van der Waals surface area contributed by atoms with Gasteiger partial charge in [0.05, 0.1) is 25.2 Å². The first-order chi connectivity index (χ1) is 10.9. The van der Waals surface area contributed by atoms with Crippen molar-refractivity contribution in [3.05, 3.63) is 30.3 Å². The second-order valence-electron chi connectivity index (χ2n) is 6.57. The lowest BCUT2D eigenvalue weighted by Gasteiger charge is -2.27. The standard InChI is InChI=1S/C17H22O6/c1-17(20,9-21-11-5-3-2-4-6-11)10-22-16-12-7-15(19)23-14(12)8-13(16)18/h2-6,12-14,16,18,20H,7-10H2,1H3/t12-,13?,14?,16?,17?/m1/s1. The third-order valence-corrected chi connectivity index (χ3v) is 4.32. The molecule has 1 aliphatic heterocycles. The Morgan fingerprint density at radius 2 is 2.04 bits per heavy atom. The quantitative estimate of drug-likeness (QED) is 0.757. The molecular weight excluding hydrogens is 300 g/mol. The minimum atomic E-state index is -1.20. The van der Waals surface area contributed by atoms with Gasteiger partial charge in [0.15, 0.2) is 0 Å². The molecule has 6 nitrogen and oxygen atoms in total. The van der Waals surface area contributed by atoms with Gasteiger partial charge in [0.1, 0.15) is 24.1 Å². The van der Waals surface area contributed by atoms with Gasteiger partial charge in [-0.3, -0.25) is 4.79 Å². The number of rotatable bonds is 6. The molecule has 1 aromatic carbocycles. The molecule has 126 valence electrons. The van der Waals surface area contributed by atoms with E-state index in [0.717, 1.165) is 0 Å². The second-order valence-corrected chi connectivity index (χ2v) is 6.57. The predicted octanol–water partition coefficient (Wildman–Crippen LogP) is 0.898. The van der Waals surface area contributed by atoms with E-state index in [9.17, 15) is 15.0 Å². The molecular formula is C17H22O6. The number of hydrogen-bond donors (Lipinski definition) is 2. The van der Waals surface area contributed by atoms with Crippen molar-refractivity contribution in [2.24, 2.45) is 5.92 Å². The van der Waals surface area contributed by atoms with Crippen molar-refractivity contribution in [3.8, 4) is 5.75 Å². The molecule has 0 radical (unpaired) electrons. The monoisotopic (exact) mass is 322 g/mol. The molecule has 2 N–H and O–H groups in total. The highest BCUT2D eigenvalue weighted by Crippen LogP contribution is 2.39. The van der Waals surface area contributed by atoms with E-state index in [2.05, 4.69) is 0 Å². The lowest BCUT2D eigenvalue weighted by atomic mass is 10.0. The fraction of sp³-hybridized carbons (Fsp3) is 0.588. The Morgan fingerprint density at radius 1 is 1.30 bits per heavy atom. The normalized spacial score (nSPS) is 32.2. The number of para-hydroxylation sites is 1. The summed E-state index contributed by atoms with van der Waals surface area (Å²) in [6.45, 7) is 1.70. The zero-order chi connectivity index (χ0) is 16.4. The number of carbonyl (C=O) groups excluding carboxylic acids is 1. The molecule has 0 bridgehead atoms. The van der Waals surface area contributed by atoms with Crippen molar-refractivity contribution in [3.63, 3.8) is 0 Å². The SMILES string of the molecule is CC(O)(COc1ccccc1)COC1C(O)CC2OC(=O)C[C@H]21. The van der Waals surface area contributed by atoms with Gasteiger partial charge < -0.3 is 24.4 Å². The van der Waals surface area contributed by atoms with Gasteiger partial charge in [-0.15, -0.1) is 0 Å². The number of fused-ring (bicyclic) bond motifs is 1. The van der Waals surface area contributed by atoms with E-state index >= 15 is 0 Å². The minimum Gasteiger partial charge on any atom is -0.491 e. The van der Waals surface area contributed by atoms with Crippen LogP contribution in [-0.2, 0) is 14.3 Å². The van der Waals surface area contributed by atoms with Crippen LogP contribution in [0.1, 0.15) is 19.8 Å². The number of esters is 1. The Balaban J connectivity index is 1.51. The predicted molar refractivity (Wildman–Crippen MR) is 80.9 cm³/mol. The van der Waals surface area contributed by atoms with Gasteiger partial charge in [-0.05, 0) is 19.1 Å². The molecule has 2 fully saturated rings. The van der Waals surface area contributed by atoms with E-state index < -0.39 is 17.8 Å². The topological polar surface area (TPSA) is 85.2 Å². The van der Waals surface area contributed by atoms with Gasteiger partial charge in [0, 0.05) is 12.3 Å². The van der Waals surface area contributed by atoms with Crippen LogP contribution in [0.25, 0.3) is 0 Å². The zero-order valence-corrected chi connectivity index (χ0v) is 13.1. The number of benzene rings is 1. The summed E-state index contributed by atoms with van der Waals surface area (Å²) in [5.41, 5.74) is -1.20. The maximum atomic E-state index is 11.3. The highest BCUT2D eigenvalue weighted by Gasteiger charge is 2.50. The van der Waals surface area contributed by atoms with Crippen LogP contribution in [0.2, 0.25) is 0 Å². The fourth-order valence-electron chi connectivity index (χ4n) is 3.14. The van der Waals surface area contributed by atoms with E-state index in [-0.39, 0.29) is 37.6 Å². The summed E-state index contributed by atoms with van der Waals surface area (Å²) in [5.74, 6) is 0.284. The van der Waals surface area contributed by atoms with Crippen molar-refractivity contribution < 1.29 is 29.2 Å². The van der Waals surface area contributed by atoms with E-state index in [1.54, 1.807) is 6.92 Å². The molecule has 0 amide bonds. The number of aliphatic hydroxyl groups excluding tert-OH is 1. The van der Waals surface area contributed by atoms with Crippen LogP contribution in [0.3, 0.4) is 0 Å². The first kappa shape index (κ1) is 16.2. The molecule has 0 aromatic heterocycles. The Bertz CT molecular complexity index is 543. The molecule has 23 heavy (non-hydrogen) atoms. The molecule has 1 saturated carbocycles. The molecule has 1 aliphatic carbocycles. The van der Waals surface area contributed by atoms with Crippen molar-refractivity contribution in [1.29, 1.82) is 0 Å². The van der Waals surface area contributed by atoms with Gasteiger partial charge in [-0.2, -0.15) is 0 Å². The van der Waals surface area contributed by atoms with Crippen LogP contribution in [0.4, 0.5) is 0 Å². The zero-order valence-electron chi connectivity index (χ0n) is 13.1. The Kier molecular flexibility index (Phi) is 4.57. The van der Waals surface area contributed by atoms with Crippen molar-refractivity contribution in [1.82, 2.24) is 0 Å². The van der Waals surface area contributed by atoms with Crippen LogP contribution >= 0.6 is 0 Å². The smallest absolute Gasteiger partial charge is 0.306 e. The average molecular weight is 322 g/mol. The fourth-order valence-corrected chi connectivity index (χ4v) is 3.14. The summed E-state index contributed by atoms with van der Waals surface area (Å²) in [6, 6.07) is 9.21. The van der Waals surface area contributed by atoms with Gasteiger partial charge in [0.25, 0.3) is 0 Å². The first-order valence-corrected chi connectivity index (χ1v) is 7.84. The van der Waals surface area contributed by atoms with Crippen molar-refractivity contribution in [2.75, 3.05) is 13.2 Å². The van der Waals surface area contributed by atoms with Gasteiger partial charge in [0.2, 0.25) is 0 Å². The summed E-state index contributed by atoms with van der Waals surface area (Å²) in [6.07, 6.45) is -0.787. The average Bonchev–Trinajstić information content (AvgIpc) is 2.99. The highest BCUT2D eigenvalue weighted by atomic mass is 16.6. The van der Waals surface area contributed by atoms with Crippen LogP contribution in [-0.4, -0.2) is 53.3 Å². The summed E-state index contributed by atoms with van der Waals surface area (Å²) in [4.78, 5) is 11.3. The van der Waals surface area contributed by atoms with E-state index in [4.69, 9.17) is 14.2 Å². The Labute approximate surface area is 135 Å². The van der Waals surface area contributed by atoms with Gasteiger partial charge >= 0.3 is 5.97 Å². The van der Waals surface area contributed by atoms with Crippen LogP contribution in [0.15, 0.2) is 30.3 Å². The summed E-state index contributed by atoms with van der Waals surface area (Å²) >= 11 is 0. The van der Waals surface area contributed by atoms with Crippen LogP contribution in [0, 0.1) is 5.92 Å². The molecule has 5 atom stereocenters. The maximum absolute atomic E-state index is 11.3. The summed E-state index contributed by atoms with van der Waals surface area (Å²) < 4.78 is 16.4. The molecule has 0 spiro atoms. The van der Waals surface area contributed by atoms with Gasteiger partial charge in [-0.1, -0.05) is 18.2 Å².